The second-order valence-corrected chi connectivity index (χ2v) is 36.3. The molecule has 0 spiro atoms. The Morgan fingerprint density at radius 3 is 0.925 bits per heavy atom. The molecule has 1 unspecified atom stereocenters. The number of benzene rings is 5. The van der Waals surface area contributed by atoms with Crippen LogP contribution >= 0.6 is 69.6 Å². The van der Waals surface area contributed by atoms with Crippen molar-refractivity contribution in [2.24, 2.45) is 0 Å². The number of pyridine rings is 2. The lowest BCUT2D eigenvalue weighted by Crippen LogP contribution is -2.39. The molecule has 15 heterocycles. The molecule has 10 aromatic heterocycles. The number of H-pyrrole nitrogens is 2. The van der Waals surface area contributed by atoms with E-state index in [1.54, 1.807) is 71.0 Å². The van der Waals surface area contributed by atoms with E-state index in [0.717, 1.165) is 112 Å². The van der Waals surface area contributed by atoms with Gasteiger partial charge < -0.3 is 24.5 Å². The van der Waals surface area contributed by atoms with Crippen molar-refractivity contribution in [3.8, 4) is 40.6 Å². The van der Waals surface area contributed by atoms with Crippen LogP contribution in [0.4, 0.5) is 61.5 Å². The third-order valence-corrected chi connectivity index (χ3v) is 27.4. The lowest BCUT2D eigenvalue weighted by Gasteiger charge is -2.33. The molecule has 147 heavy (non-hydrogen) atoms. The van der Waals surface area contributed by atoms with Crippen LogP contribution in [-0.2, 0) is 56.8 Å². The second kappa shape index (κ2) is 42.6. The largest absolute Gasteiger partial charge is 0.417 e. The summed E-state index contributed by atoms with van der Waals surface area (Å²) in [6.45, 7) is 16.1. The molecule has 0 saturated heterocycles. The molecule has 762 valence electrons. The smallest absolute Gasteiger partial charge is 0.330 e. The van der Waals surface area contributed by atoms with E-state index in [1.807, 2.05) is 70.2 Å². The lowest BCUT2D eigenvalue weighted by atomic mass is 9.97. The Balaban J connectivity index is 0.000000131. The van der Waals surface area contributed by atoms with E-state index in [9.17, 15) is 85.4 Å². The molecule has 0 fully saturated rings. The summed E-state index contributed by atoms with van der Waals surface area (Å²) in [6.07, 6.45) is -10.6. The average molecular weight is 2150 g/mol. The first kappa shape index (κ1) is 105. The standard InChI is InChI=1S/2C20H17ClF3N5O.2C19H14ClF4N5O.C18H16Cl2N6O/c2*1-11-5-3-8-16(25-11)29-15-9-10-28(12(2)18(15)26-27-29)19(30)13-6-4-7-14(17(13)21)20(22,23)24;2*1-9-15-12(16(28-27-15)17-25-7-10(21)8-26-17)5-6-29(9)18(30)11-3-2-4-13(14(11)20)19(22,23)24;1-10-6-8-21-18(22-10)26-14-7-9-25(11(2)16(14)23-24-26)17(27)12-4-3-5-13(19)15(12)20/h2*3-8,12H,9-10H2,1-2H3;2*2-4,7-9H,5-6H2,1H3,(H,27,28);3-6,8,11H,7,9H2,1-2H3/t2*12-;9-;;11-/m100.1/s1. The highest BCUT2D eigenvalue weighted by Gasteiger charge is 2.45. The normalized spacial score (nSPS) is 16.4. The number of nitrogens with one attached hydrogen (secondary N) is 2. The monoisotopic (exact) mass is 2150 g/mol. The van der Waals surface area contributed by atoms with Gasteiger partial charge in [0.15, 0.2) is 34.9 Å². The number of rotatable bonds is 10. The molecule has 2 N–H and O–H groups in total. The first-order chi connectivity index (χ1) is 69.7. The van der Waals surface area contributed by atoms with Gasteiger partial charge in [0.25, 0.3) is 35.5 Å². The van der Waals surface area contributed by atoms with Crippen molar-refractivity contribution in [2.75, 3.05) is 32.7 Å². The summed E-state index contributed by atoms with van der Waals surface area (Å²) in [6, 6.07) is 28.9. The van der Waals surface area contributed by atoms with Gasteiger partial charge in [0.2, 0.25) is 0 Å². The molecule has 0 saturated carbocycles. The minimum atomic E-state index is -4.67. The molecule has 15 aromatic rings. The highest BCUT2D eigenvalue weighted by Crippen LogP contribution is 2.46. The Labute approximate surface area is 855 Å². The van der Waals surface area contributed by atoms with Crippen molar-refractivity contribution in [1.29, 1.82) is 0 Å². The van der Waals surface area contributed by atoms with E-state index in [0.29, 0.717) is 114 Å². The molecule has 51 heteroatoms. The van der Waals surface area contributed by atoms with Gasteiger partial charge in [-0.1, -0.05) is 128 Å². The van der Waals surface area contributed by atoms with Gasteiger partial charge >= 0.3 is 24.7 Å². The van der Waals surface area contributed by atoms with Crippen LogP contribution in [-0.4, -0.2) is 192 Å². The predicted octanol–water partition coefficient (Wildman–Crippen LogP) is 21.1. The number of carbonyl (C=O) groups is 5. The zero-order chi connectivity index (χ0) is 106. The van der Waals surface area contributed by atoms with Crippen LogP contribution in [0.5, 0.6) is 0 Å². The zero-order valence-corrected chi connectivity index (χ0v) is 82.4. The van der Waals surface area contributed by atoms with Gasteiger partial charge in [0, 0.05) is 86.4 Å². The summed E-state index contributed by atoms with van der Waals surface area (Å²) < 4.78 is 189. The number of hydrogen-bond acceptors (Lipinski definition) is 21. The molecule has 5 aliphatic heterocycles. The maximum Gasteiger partial charge on any atom is 0.417 e. The molecule has 31 nitrogen and oxygen atoms in total. The second-order valence-electron chi connectivity index (χ2n) is 34.0. The number of hydrogen-bond donors (Lipinski definition) is 2. The topological polar surface area (TPSA) is 354 Å². The van der Waals surface area contributed by atoms with Gasteiger partial charge in [-0.2, -0.15) is 76.9 Å². The molecule has 5 amide bonds. The molecule has 5 aromatic carbocycles. The van der Waals surface area contributed by atoms with Crippen LogP contribution < -0.4 is 0 Å². The van der Waals surface area contributed by atoms with Crippen molar-refractivity contribution in [1.82, 2.24) is 130 Å². The fraction of sp³-hybridized carbons (Fsp3) is 0.281. The van der Waals surface area contributed by atoms with E-state index < -0.39 is 126 Å². The molecule has 20 rings (SSSR count). The van der Waals surface area contributed by atoms with Crippen molar-refractivity contribution >= 4 is 99.1 Å². The van der Waals surface area contributed by atoms with E-state index in [-0.39, 0.29) is 64.0 Å². The van der Waals surface area contributed by atoms with Crippen molar-refractivity contribution in [3.05, 3.63) is 330 Å². The molecule has 0 radical (unpaired) electrons. The van der Waals surface area contributed by atoms with E-state index >= 15 is 0 Å². The number of aryl methyl sites for hydroxylation is 3. The highest BCUT2D eigenvalue weighted by atomic mass is 35.5. The number of alkyl halides is 12. The summed E-state index contributed by atoms with van der Waals surface area (Å²) in [5, 5.41) is 37.6. The molecular weight excluding hydrogens is 2080 g/mol. The molecule has 0 aliphatic carbocycles. The number of carbonyl (C=O) groups excluding carboxylic acids is 5. The Morgan fingerprint density at radius 1 is 0.333 bits per heavy atom. The average Bonchev–Trinajstić information content (AvgIpc) is 1.68. The first-order valence-electron chi connectivity index (χ1n) is 44.7. The van der Waals surface area contributed by atoms with Gasteiger partial charge in [-0.3, -0.25) is 34.2 Å². The van der Waals surface area contributed by atoms with Crippen LogP contribution in [0.2, 0.25) is 30.1 Å². The fourth-order valence-corrected chi connectivity index (χ4v) is 19.2. The molecular formula is C96H78Cl6F14N26O5. The van der Waals surface area contributed by atoms with Gasteiger partial charge in [-0.05, 0) is 159 Å². The fourth-order valence-electron chi connectivity index (χ4n) is 17.5. The predicted molar refractivity (Wildman–Crippen MR) is 507 cm³/mol. The number of nitrogens with zero attached hydrogens (tertiary/aromatic N) is 24. The molecule has 0 bridgehead atoms. The van der Waals surface area contributed by atoms with E-state index in [1.165, 1.54) is 56.0 Å². The summed E-state index contributed by atoms with van der Waals surface area (Å²) in [7, 11) is 0. The van der Waals surface area contributed by atoms with Crippen molar-refractivity contribution < 1.29 is 85.4 Å². The zero-order valence-electron chi connectivity index (χ0n) is 77.9. The maximum absolute atomic E-state index is 13.2. The van der Waals surface area contributed by atoms with Crippen LogP contribution in [0.1, 0.15) is 213 Å². The number of halogens is 20. The number of amides is 5. The van der Waals surface area contributed by atoms with Crippen LogP contribution in [0, 0.1) is 32.4 Å². The number of aromatic nitrogens is 21. The van der Waals surface area contributed by atoms with Crippen LogP contribution in [0.25, 0.3) is 40.6 Å². The number of fused-ring (bicyclic) bond motifs is 5. The Bertz CT molecular complexity index is 7200. The van der Waals surface area contributed by atoms with Crippen LogP contribution in [0.3, 0.4) is 0 Å². The molecule has 5 aliphatic rings. The summed E-state index contributed by atoms with van der Waals surface area (Å²) in [5.74, 6) is -1.47. The quantitative estimate of drug-likeness (QED) is 0.120. The summed E-state index contributed by atoms with van der Waals surface area (Å²) >= 11 is 36.0. The van der Waals surface area contributed by atoms with E-state index in [4.69, 9.17) is 69.6 Å². The summed E-state index contributed by atoms with van der Waals surface area (Å²) in [4.78, 5) is 106. The Morgan fingerprint density at radius 2 is 0.612 bits per heavy atom. The Hall–Kier alpha value is -14.4. The Kier molecular flexibility index (Phi) is 30.5. The lowest BCUT2D eigenvalue weighted by molar-refractivity contribution is -0.138. The third kappa shape index (κ3) is 21.6. The highest BCUT2D eigenvalue weighted by molar-refractivity contribution is 6.44. The van der Waals surface area contributed by atoms with Gasteiger partial charge in [0.1, 0.15) is 28.5 Å². The van der Waals surface area contributed by atoms with Crippen molar-refractivity contribution in [2.45, 2.75) is 142 Å². The number of aromatic amines is 2. The first-order valence-corrected chi connectivity index (χ1v) is 47.0. The molecule has 5 atom stereocenters. The summed E-state index contributed by atoms with van der Waals surface area (Å²) in [5.41, 5.74) is 6.00. The van der Waals surface area contributed by atoms with Gasteiger partial charge in [-0.15, -0.1) is 15.3 Å². The minimum absolute atomic E-state index is 0.179. The maximum atomic E-state index is 13.2. The van der Waals surface area contributed by atoms with Gasteiger partial charge in [-0.25, -0.2) is 48.7 Å². The SMILES string of the molecule is CC1c2n[nH]c(-c3ncc(F)cn3)c2CCN1C(=O)c1cccc(C(F)(F)F)c1Cl.C[C@H]1c2n[nH]c(-c3ncc(F)cn3)c2CCN1C(=O)c1cccc(C(F)(F)F)c1Cl.Cc1cccc(-n2nnc3c2CCN(C(=O)c2cccc(C(F)(F)F)c2Cl)[C@@H]3C)n1.Cc1cccc(-n2nnc3c2CCN(C(=O)c2cccc(C(F)(F)F)c2Cl)[C@H]3C)n1.Cc1ccnc(-n2nnc3c2CCN(C(=O)c2cccc(Cl)c2Cl)[C@@H]3C)n1. The van der Waals surface area contributed by atoms with Crippen molar-refractivity contribution in [3.63, 3.8) is 0 Å². The minimum Gasteiger partial charge on any atom is -0.330 e. The third-order valence-electron chi connectivity index (χ3n) is 24.9. The van der Waals surface area contributed by atoms with Crippen LogP contribution in [0.15, 0.2) is 164 Å². The van der Waals surface area contributed by atoms with Gasteiger partial charge in [0.05, 0.1) is 164 Å². The van der Waals surface area contributed by atoms with E-state index in [2.05, 4.69) is 91.2 Å².